The van der Waals surface area contributed by atoms with Gasteiger partial charge in [0.1, 0.15) is 5.66 Å². The molecule has 1 radical (unpaired) electrons. The van der Waals surface area contributed by atoms with Gasteiger partial charge in [0.25, 0.3) is 0 Å². The van der Waals surface area contributed by atoms with Crippen molar-refractivity contribution in [2.45, 2.75) is 0 Å². The maximum atomic E-state index is 8.59. The number of hydrogen-bond donors (Lipinski definition) is 0. The van der Waals surface area contributed by atoms with Crippen molar-refractivity contribution in [3.8, 4) is 0 Å². The van der Waals surface area contributed by atoms with E-state index in [9.17, 15) is 0 Å². The average Bonchev–Trinajstić information content (AvgIpc) is 0.918. The molecule has 0 aromatic heterocycles. The first-order chi connectivity index (χ1) is 1.41. The minimum absolute atomic E-state index is 0. The molecule has 0 fully saturated rings. The molecule has 4 heavy (non-hydrogen) atoms. The average molecular weight is 163 g/mol. The molecule has 25 valence electrons. The van der Waals surface area contributed by atoms with E-state index in [1.165, 1.54) is 5.66 Å². The fourth-order valence-electron chi connectivity index (χ4n) is 0. The van der Waals surface area contributed by atoms with Crippen LogP contribution in [0.5, 0.6) is 0 Å². The Hall–Kier alpha value is 0.503. The summed E-state index contributed by atoms with van der Waals surface area (Å²) >= 11 is 0. The second kappa shape index (κ2) is 9.71. The van der Waals surface area contributed by atoms with Crippen LogP contribution in [0.3, 0.4) is 0 Å². The third-order valence-electron chi connectivity index (χ3n) is 0. The van der Waals surface area contributed by atoms with Crippen LogP contribution in [0.15, 0.2) is 0 Å². The van der Waals surface area contributed by atoms with E-state index in [-0.39, 0.29) is 19.5 Å². The largest absolute Gasteiger partial charge is 0.229 e. The van der Waals surface area contributed by atoms with Crippen molar-refractivity contribution in [1.29, 1.82) is 0 Å². The fourth-order valence-corrected chi connectivity index (χ4v) is 0. The SMILES string of the molecule is O=C=P.[Rh]. The monoisotopic (exact) mass is 163 g/mol. The smallest absolute Gasteiger partial charge is 0.146 e. The minimum Gasteiger partial charge on any atom is -0.229 e. The molecule has 0 spiro atoms. The number of rotatable bonds is 0. The molecule has 0 saturated carbocycles. The van der Waals surface area contributed by atoms with Crippen molar-refractivity contribution in [2.75, 3.05) is 0 Å². The molecular formula is CHOPRh. The molecular weight excluding hydrogens is 162 g/mol. The Balaban J connectivity index is 0. The van der Waals surface area contributed by atoms with Gasteiger partial charge in [0.05, 0.1) is 0 Å². The quantitative estimate of drug-likeness (QED) is 0.368. The van der Waals surface area contributed by atoms with Crippen LogP contribution in [0.25, 0.3) is 0 Å². The molecule has 0 saturated heterocycles. The molecule has 0 unspecified atom stereocenters. The molecule has 0 atom stereocenters. The minimum atomic E-state index is 0. The summed E-state index contributed by atoms with van der Waals surface area (Å²) in [7, 11) is 2.38. The van der Waals surface area contributed by atoms with Gasteiger partial charge < -0.3 is 0 Å². The van der Waals surface area contributed by atoms with Crippen molar-refractivity contribution in [1.82, 2.24) is 0 Å². The zero-order valence-electron chi connectivity index (χ0n) is 1.74. The normalized spacial score (nSPS) is 2.00. The summed E-state index contributed by atoms with van der Waals surface area (Å²) in [6, 6.07) is 0. The van der Waals surface area contributed by atoms with Gasteiger partial charge in [-0.1, -0.05) is 0 Å². The van der Waals surface area contributed by atoms with Crippen molar-refractivity contribution in [2.24, 2.45) is 0 Å². The van der Waals surface area contributed by atoms with Gasteiger partial charge in [-0.3, -0.25) is 0 Å². The van der Waals surface area contributed by atoms with E-state index in [1.54, 1.807) is 0 Å². The van der Waals surface area contributed by atoms with Crippen LogP contribution in [0.4, 0.5) is 0 Å². The van der Waals surface area contributed by atoms with Gasteiger partial charge in [0.2, 0.25) is 0 Å². The van der Waals surface area contributed by atoms with Crippen molar-refractivity contribution < 1.29 is 24.3 Å². The van der Waals surface area contributed by atoms with Crippen LogP contribution < -0.4 is 0 Å². The second-order valence-electron chi connectivity index (χ2n) is 0.102. The molecule has 0 aliphatic heterocycles. The predicted molar refractivity (Wildman–Crippen MR) is 14.0 cm³/mol. The Morgan fingerprint density at radius 1 is 1.75 bits per heavy atom. The van der Waals surface area contributed by atoms with Crippen LogP contribution in [0, 0.1) is 0 Å². The Morgan fingerprint density at radius 2 is 1.75 bits per heavy atom. The third-order valence-corrected chi connectivity index (χ3v) is 0. The topological polar surface area (TPSA) is 17.1 Å². The van der Waals surface area contributed by atoms with E-state index >= 15 is 0 Å². The predicted octanol–water partition coefficient (Wildman–Crippen LogP) is 0.194. The molecule has 0 aliphatic rings. The van der Waals surface area contributed by atoms with E-state index in [1.807, 2.05) is 0 Å². The summed E-state index contributed by atoms with van der Waals surface area (Å²) < 4.78 is 0. The van der Waals surface area contributed by atoms with Gasteiger partial charge in [0.15, 0.2) is 0 Å². The third kappa shape index (κ3) is 22.3. The van der Waals surface area contributed by atoms with Crippen LogP contribution in [0.2, 0.25) is 0 Å². The zero-order chi connectivity index (χ0) is 2.71. The summed E-state index contributed by atoms with van der Waals surface area (Å²) in [5.74, 6) is 0. The van der Waals surface area contributed by atoms with Crippen LogP contribution >= 0.6 is 8.86 Å². The molecule has 0 bridgehead atoms. The van der Waals surface area contributed by atoms with Crippen LogP contribution in [0.1, 0.15) is 0 Å². The van der Waals surface area contributed by atoms with E-state index in [2.05, 4.69) is 8.86 Å². The number of hydrogen-bond acceptors (Lipinski definition) is 1. The van der Waals surface area contributed by atoms with Gasteiger partial charge in [-0.2, -0.15) is 0 Å². The summed E-state index contributed by atoms with van der Waals surface area (Å²) in [4.78, 5) is 8.59. The van der Waals surface area contributed by atoms with E-state index in [4.69, 9.17) is 4.79 Å². The van der Waals surface area contributed by atoms with Crippen molar-refractivity contribution in [3.05, 3.63) is 0 Å². The molecule has 0 rings (SSSR count). The molecule has 0 aliphatic carbocycles. The second-order valence-corrected chi connectivity index (χ2v) is 0.306. The van der Waals surface area contributed by atoms with Crippen molar-refractivity contribution in [3.63, 3.8) is 0 Å². The summed E-state index contributed by atoms with van der Waals surface area (Å²) in [5.41, 5.74) is 1.31. The Bertz CT molecular complexity index is 29.0. The summed E-state index contributed by atoms with van der Waals surface area (Å²) in [5, 5.41) is 0. The van der Waals surface area contributed by atoms with Gasteiger partial charge in [-0.05, 0) is 8.86 Å². The molecule has 3 heteroatoms. The zero-order valence-corrected chi connectivity index (χ0v) is 4.38. The molecule has 0 amide bonds. The Morgan fingerprint density at radius 3 is 1.75 bits per heavy atom. The first-order valence-corrected chi connectivity index (χ1v) is 0.954. The van der Waals surface area contributed by atoms with Crippen LogP contribution in [-0.4, -0.2) is 5.66 Å². The molecule has 0 heterocycles. The molecule has 0 N–H and O–H groups in total. The molecule has 0 aromatic rings. The molecule has 1 nitrogen and oxygen atoms in total. The van der Waals surface area contributed by atoms with Gasteiger partial charge >= 0.3 is 0 Å². The fraction of sp³-hybridized carbons (Fsp3) is 0. The maximum Gasteiger partial charge on any atom is 0.146 e. The van der Waals surface area contributed by atoms with Crippen LogP contribution in [-0.2, 0) is 24.3 Å². The number of carbonyl (C=O) groups excluding carboxylic acids is 1. The standard InChI is InChI=1S/CHOP.Rh/c2-1-3;/h3H;. The first kappa shape index (κ1) is 8.82. The Kier molecular flexibility index (Phi) is 21.4. The van der Waals surface area contributed by atoms with E-state index in [0.717, 1.165) is 0 Å². The molecule has 0 aromatic carbocycles. The van der Waals surface area contributed by atoms with Crippen molar-refractivity contribution >= 4 is 14.5 Å². The summed E-state index contributed by atoms with van der Waals surface area (Å²) in [6.45, 7) is 0. The van der Waals surface area contributed by atoms with E-state index < -0.39 is 0 Å². The van der Waals surface area contributed by atoms with E-state index in [0.29, 0.717) is 0 Å². The summed E-state index contributed by atoms with van der Waals surface area (Å²) in [6.07, 6.45) is 0. The first-order valence-electron chi connectivity index (χ1n) is 0.454. The maximum absolute atomic E-state index is 8.59. The Labute approximate surface area is 39.4 Å². The van der Waals surface area contributed by atoms with Gasteiger partial charge in [-0.15, -0.1) is 0 Å². The van der Waals surface area contributed by atoms with Gasteiger partial charge in [-0.25, -0.2) is 4.79 Å². The van der Waals surface area contributed by atoms with Gasteiger partial charge in [0, 0.05) is 19.5 Å².